The van der Waals surface area contributed by atoms with Crippen molar-refractivity contribution in [2.75, 3.05) is 19.0 Å². The number of rotatable bonds is 7. The van der Waals surface area contributed by atoms with Gasteiger partial charge < -0.3 is 29.8 Å². The molecule has 3 aliphatic rings. The Bertz CT molecular complexity index is 1990. The Balaban J connectivity index is 1.24. The number of nitrogens with two attached hydrogens (primary N) is 1. The number of para-hydroxylation sites is 1. The van der Waals surface area contributed by atoms with Crippen LogP contribution in [0.3, 0.4) is 0 Å². The van der Waals surface area contributed by atoms with E-state index in [1.807, 2.05) is 36.2 Å². The third-order valence-corrected chi connectivity index (χ3v) is 10.1. The lowest BCUT2D eigenvalue weighted by Crippen LogP contribution is -2.41. The number of methoxy groups -OCH3 is 1. The zero-order valence-corrected chi connectivity index (χ0v) is 25.9. The molecule has 230 valence electrons. The summed E-state index contributed by atoms with van der Waals surface area (Å²) < 4.78 is 10.4. The number of piperidine rings is 1. The van der Waals surface area contributed by atoms with Gasteiger partial charge in [-0.3, -0.25) is 9.59 Å². The van der Waals surface area contributed by atoms with Gasteiger partial charge in [0.1, 0.15) is 11.3 Å². The Morgan fingerprint density at radius 1 is 1.02 bits per heavy atom. The first-order valence-electron chi connectivity index (χ1n) is 15.9. The van der Waals surface area contributed by atoms with Crippen LogP contribution in [-0.4, -0.2) is 56.6 Å². The zero-order chi connectivity index (χ0) is 31.0. The highest BCUT2D eigenvalue weighted by Crippen LogP contribution is 2.42. The van der Waals surface area contributed by atoms with Gasteiger partial charge in [-0.25, -0.2) is 4.98 Å². The van der Waals surface area contributed by atoms with Crippen LogP contribution in [0.2, 0.25) is 0 Å². The number of ether oxygens (including phenoxy) is 1. The summed E-state index contributed by atoms with van der Waals surface area (Å²) in [6.45, 7) is 3.14. The van der Waals surface area contributed by atoms with Gasteiger partial charge in [-0.2, -0.15) is 0 Å². The molecule has 3 heterocycles. The van der Waals surface area contributed by atoms with Crippen molar-refractivity contribution in [1.29, 1.82) is 0 Å². The average Bonchev–Trinajstić information content (AvgIpc) is 3.42. The molecule has 2 saturated carbocycles. The smallest absolute Gasteiger partial charge is 0.254 e. The molecule has 0 radical (unpaired) electrons. The van der Waals surface area contributed by atoms with E-state index in [0.717, 1.165) is 70.7 Å². The minimum absolute atomic E-state index is 0.00191. The summed E-state index contributed by atoms with van der Waals surface area (Å²) in [5.74, 6) is 2.40. The fourth-order valence-electron chi connectivity index (χ4n) is 7.69. The minimum atomic E-state index is -0.0874. The Labute approximate surface area is 262 Å². The summed E-state index contributed by atoms with van der Waals surface area (Å²) in [5, 5.41) is 4.00. The van der Waals surface area contributed by atoms with Crippen molar-refractivity contribution in [3.05, 3.63) is 66.2 Å². The highest BCUT2D eigenvalue weighted by atomic mass is 16.5. The van der Waals surface area contributed by atoms with E-state index in [9.17, 15) is 9.59 Å². The van der Waals surface area contributed by atoms with Crippen LogP contribution < -0.4 is 15.8 Å². The van der Waals surface area contributed by atoms with Gasteiger partial charge in [0, 0.05) is 61.3 Å². The van der Waals surface area contributed by atoms with Crippen molar-refractivity contribution in [3.8, 4) is 28.4 Å². The number of anilines is 1. The number of nitrogens with zero attached hydrogens (tertiary/aromatic N) is 4. The van der Waals surface area contributed by atoms with Crippen molar-refractivity contribution in [2.45, 2.75) is 51.2 Å². The number of nitrogens with one attached hydrogen (secondary N) is 1. The Morgan fingerprint density at radius 3 is 2.49 bits per heavy atom. The molecule has 2 bridgehead atoms. The standard InChI is InChI=1S/C36H38N6O3/c1-20(43)38-26-12-9-22(10-13-26)27-6-4-5-23-16-30(41(33(23)27)18-21-7-8-21)35-39-28-15-25(17-31(45-3)34(28)40(35)2)36(44)42-19-24-11-14-29(42)32(24)37/h4-6,9-10,12-13,15-17,21,24,29,32H,7-8,11,14,18-19,37H2,1-3H3,(H,38,43)/t24?,29?,32-/m1/s1. The lowest BCUT2D eigenvalue weighted by molar-refractivity contribution is -0.114. The first-order chi connectivity index (χ1) is 21.8. The maximum absolute atomic E-state index is 13.8. The second-order valence-electron chi connectivity index (χ2n) is 13.1. The Hall–Kier alpha value is -4.63. The summed E-state index contributed by atoms with van der Waals surface area (Å²) in [7, 11) is 3.67. The maximum Gasteiger partial charge on any atom is 0.254 e. The minimum Gasteiger partial charge on any atom is -0.494 e. The molecule has 1 aliphatic heterocycles. The number of fused-ring (bicyclic) bond motifs is 4. The van der Waals surface area contributed by atoms with Gasteiger partial charge in [-0.1, -0.05) is 30.3 Å². The van der Waals surface area contributed by atoms with Gasteiger partial charge in [0.2, 0.25) is 5.91 Å². The van der Waals surface area contributed by atoms with Crippen LogP contribution in [0.4, 0.5) is 5.69 Å². The van der Waals surface area contributed by atoms with E-state index >= 15 is 0 Å². The SMILES string of the molecule is COc1cc(C(=O)N2CC3CCC2[C@@H]3N)cc2nc(-c3cc4cccc(-c5ccc(NC(C)=O)cc5)c4n3CC3CC3)n(C)c12. The Morgan fingerprint density at radius 2 is 1.82 bits per heavy atom. The van der Waals surface area contributed by atoms with E-state index < -0.39 is 0 Å². The molecule has 5 aromatic rings. The molecule has 8 rings (SSSR count). The van der Waals surface area contributed by atoms with E-state index in [0.29, 0.717) is 23.1 Å². The number of carbonyl (C=O) groups excluding carboxylic acids is 2. The molecule has 3 N–H and O–H groups in total. The first-order valence-corrected chi connectivity index (χ1v) is 15.9. The van der Waals surface area contributed by atoms with Crippen molar-refractivity contribution in [1.82, 2.24) is 19.0 Å². The van der Waals surface area contributed by atoms with Crippen molar-refractivity contribution >= 4 is 39.4 Å². The number of carbonyl (C=O) groups is 2. The normalized spacial score (nSPS) is 20.8. The summed E-state index contributed by atoms with van der Waals surface area (Å²) in [6.07, 6.45) is 4.51. The summed E-state index contributed by atoms with van der Waals surface area (Å²) in [4.78, 5) is 32.5. The van der Waals surface area contributed by atoms with Crippen LogP contribution in [0.15, 0.2) is 60.7 Å². The number of likely N-dealkylation sites (tertiary alicyclic amines) is 1. The predicted octanol–water partition coefficient (Wildman–Crippen LogP) is 5.80. The highest BCUT2D eigenvalue weighted by Gasteiger charge is 2.47. The molecule has 3 fully saturated rings. The van der Waals surface area contributed by atoms with Crippen LogP contribution >= 0.6 is 0 Å². The molecule has 45 heavy (non-hydrogen) atoms. The summed E-state index contributed by atoms with van der Waals surface area (Å²) >= 11 is 0. The molecule has 2 aliphatic carbocycles. The zero-order valence-electron chi connectivity index (χ0n) is 25.9. The maximum atomic E-state index is 13.8. The van der Waals surface area contributed by atoms with E-state index in [1.165, 1.54) is 25.3 Å². The van der Waals surface area contributed by atoms with Crippen molar-refractivity contribution in [3.63, 3.8) is 0 Å². The largest absolute Gasteiger partial charge is 0.494 e. The molecule has 2 amide bonds. The fourth-order valence-corrected chi connectivity index (χ4v) is 7.69. The molecule has 2 aromatic heterocycles. The predicted molar refractivity (Wildman–Crippen MR) is 176 cm³/mol. The van der Waals surface area contributed by atoms with E-state index in [1.54, 1.807) is 7.11 Å². The van der Waals surface area contributed by atoms with Gasteiger partial charge in [-0.05, 0) is 73.4 Å². The molecule has 9 heteroatoms. The number of hydrogen-bond donors (Lipinski definition) is 2. The summed E-state index contributed by atoms with van der Waals surface area (Å²) in [5.41, 5.74) is 13.8. The quantitative estimate of drug-likeness (QED) is 0.245. The Kier molecular flexibility index (Phi) is 6.49. The molecule has 0 spiro atoms. The molecule has 3 aromatic carbocycles. The molecular weight excluding hydrogens is 564 g/mol. The summed E-state index contributed by atoms with van der Waals surface area (Å²) in [6, 6.07) is 20.6. The van der Waals surface area contributed by atoms with E-state index in [2.05, 4.69) is 50.8 Å². The fraction of sp³-hybridized carbons (Fsp3) is 0.361. The van der Waals surface area contributed by atoms with Gasteiger partial charge in [0.15, 0.2) is 5.82 Å². The number of aryl methyl sites for hydroxylation is 1. The molecular formula is C36H38N6O3. The van der Waals surface area contributed by atoms with Gasteiger partial charge in [0.05, 0.1) is 23.8 Å². The number of imidazole rings is 1. The van der Waals surface area contributed by atoms with Crippen LogP contribution in [0.5, 0.6) is 5.75 Å². The average molecular weight is 603 g/mol. The van der Waals surface area contributed by atoms with Gasteiger partial charge in [0.25, 0.3) is 5.91 Å². The second-order valence-corrected chi connectivity index (χ2v) is 13.1. The number of amides is 2. The van der Waals surface area contributed by atoms with Crippen LogP contribution in [-0.2, 0) is 18.4 Å². The topological polar surface area (TPSA) is 107 Å². The van der Waals surface area contributed by atoms with E-state index in [4.69, 9.17) is 15.5 Å². The third-order valence-electron chi connectivity index (χ3n) is 10.1. The third kappa shape index (κ3) is 4.60. The van der Waals surface area contributed by atoms with Crippen molar-refractivity contribution < 1.29 is 14.3 Å². The van der Waals surface area contributed by atoms with Crippen LogP contribution in [0.25, 0.3) is 44.6 Å². The monoisotopic (exact) mass is 602 g/mol. The van der Waals surface area contributed by atoms with Gasteiger partial charge >= 0.3 is 0 Å². The highest BCUT2D eigenvalue weighted by molar-refractivity contribution is 6.02. The van der Waals surface area contributed by atoms with Crippen LogP contribution in [0, 0.1) is 11.8 Å². The van der Waals surface area contributed by atoms with E-state index in [-0.39, 0.29) is 23.9 Å². The molecule has 1 saturated heterocycles. The lowest BCUT2D eigenvalue weighted by atomic mass is 10.0. The van der Waals surface area contributed by atoms with Crippen molar-refractivity contribution in [2.24, 2.45) is 24.6 Å². The molecule has 2 unspecified atom stereocenters. The number of hydrogen-bond acceptors (Lipinski definition) is 5. The lowest BCUT2D eigenvalue weighted by Gasteiger charge is -2.27. The number of benzene rings is 3. The molecule has 3 atom stereocenters. The molecule has 9 nitrogen and oxygen atoms in total. The van der Waals surface area contributed by atoms with Gasteiger partial charge in [-0.15, -0.1) is 0 Å². The first kappa shape index (κ1) is 27.9. The second kappa shape index (κ2) is 10.5. The number of aromatic nitrogens is 3. The van der Waals surface area contributed by atoms with Crippen LogP contribution in [0.1, 0.15) is 43.0 Å².